The topological polar surface area (TPSA) is 57.0 Å². The second-order valence-electron chi connectivity index (χ2n) is 4.43. The summed E-state index contributed by atoms with van der Waals surface area (Å²) in [6, 6.07) is 4.10. The standard InChI is InChI=1S/C12H14BrN3O/c13-12-10-4-3-8(14)7-16(10)11(15-12)6-9-2-1-5-17-9/h1-2,5,8H,3-4,6-7,14H2. The maximum atomic E-state index is 6.01. The van der Waals surface area contributed by atoms with Gasteiger partial charge < -0.3 is 14.7 Å². The Kier molecular flexibility index (Phi) is 2.80. The molecule has 0 aliphatic carbocycles. The van der Waals surface area contributed by atoms with Gasteiger partial charge in [-0.1, -0.05) is 0 Å². The molecule has 0 saturated carbocycles. The molecule has 5 heteroatoms. The summed E-state index contributed by atoms with van der Waals surface area (Å²) in [5.74, 6) is 1.96. The van der Waals surface area contributed by atoms with Crippen molar-refractivity contribution in [1.29, 1.82) is 0 Å². The zero-order valence-corrected chi connectivity index (χ0v) is 11.0. The van der Waals surface area contributed by atoms with Crippen molar-refractivity contribution in [3.8, 4) is 0 Å². The molecule has 0 bridgehead atoms. The smallest absolute Gasteiger partial charge is 0.127 e. The molecule has 2 N–H and O–H groups in total. The van der Waals surface area contributed by atoms with Crippen LogP contribution in [0, 0.1) is 0 Å². The lowest BCUT2D eigenvalue weighted by Gasteiger charge is -2.22. The molecule has 3 rings (SSSR count). The molecule has 1 atom stereocenters. The Hall–Kier alpha value is -1.07. The van der Waals surface area contributed by atoms with Gasteiger partial charge >= 0.3 is 0 Å². The summed E-state index contributed by atoms with van der Waals surface area (Å²) >= 11 is 3.52. The van der Waals surface area contributed by atoms with Crippen molar-refractivity contribution in [2.75, 3.05) is 0 Å². The number of imidazole rings is 1. The Labute approximate surface area is 108 Å². The van der Waals surface area contributed by atoms with Gasteiger partial charge in [0.05, 0.1) is 18.4 Å². The van der Waals surface area contributed by atoms with Gasteiger partial charge in [0.25, 0.3) is 0 Å². The van der Waals surface area contributed by atoms with E-state index >= 15 is 0 Å². The highest BCUT2D eigenvalue weighted by Gasteiger charge is 2.22. The minimum absolute atomic E-state index is 0.235. The second kappa shape index (κ2) is 4.31. The largest absolute Gasteiger partial charge is 0.469 e. The van der Waals surface area contributed by atoms with E-state index < -0.39 is 0 Å². The van der Waals surface area contributed by atoms with Crippen molar-refractivity contribution in [2.45, 2.75) is 31.8 Å². The maximum absolute atomic E-state index is 6.01. The lowest BCUT2D eigenvalue weighted by atomic mass is 10.1. The Bertz CT molecular complexity index is 518. The van der Waals surface area contributed by atoms with Crippen LogP contribution in [-0.4, -0.2) is 15.6 Å². The van der Waals surface area contributed by atoms with E-state index in [1.54, 1.807) is 6.26 Å². The van der Waals surface area contributed by atoms with Gasteiger partial charge in [-0.3, -0.25) is 0 Å². The molecule has 2 aromatic heterocycles. The molecule has 4 nitrogen and oxygen atoms in total. The summed E-state index contributed by atoms with van der Waals surface area (Å²) < 4.78 is 8.54. The van der Waals surface area contributed by atoms with Gasteiger partial charge in [0, 0.05) is 12.6 Å². The number of fused-ring (bicyclic) bond motifs is 1. The van der Waals surface area contributed by atoms with Crippen molar-refractivity contribution in [3.63, 3.8) is 0 Å². The van der Waals surface area contributed by atoms with Gasteiger partial charge in [-0.2, -0.15) is 0 Å². The molecule has 0 saturated heterocycles. The fourth-order valence-corrected chi connectivity index (χ4v) is 2.93. The van der Waals surface area contributed by atoms with Crippen molar-refractivity contribution in [2.24, 2.45) is 5.73 Å². The van der Waals surface area contributed by atoms with Gasteiger partial charge in [-0.05, 0) is 40.9 Å². The summed E-state index contributed by atoms with van der Waals surface area (Å²) in [6.07, 6.45) is 4.44. The number of furan rings is 1. The Morgan fingerprint density at radius 3 is 3.24 bits per heavy atom. The number of halogens is 1. The van der Waals surface area contributed by atoms with E-state index in [2.05, 4.69) is 25.5 Å². The van der Waals surface area contributed by atoms with Crippen LogP contribution >= 0.6 is 15.9 Å². The quantitative estimate of drug-likeness (QED) is 0.923. The predicted octanol–water partition coefficient (Wildman–Crippen LogP) is 2.10. The van der Waals surface area contributed by atoms with Crippen LogP contribution in [0.25, 0.3) is 0 Å². The van der Waals surface area contributed by atoms with Crippen molar-refractivity contribution >= 4 is 15.9 Å². The first kappa shape index (κ1) is 11.0. The Morgan fingerprint density at radius 2 is 2.47 bits per heavy atom. The average Bonchev–Trinajstić information content (AvgIpc) is 2.89. The first-order chi connectivity index (χ1) is 8.24. The van der Waals surface area contributed by atoms with Crippen LogP contribution in [0.2, 0.25) is 0 Å². The minimum Gasteiger partial charge on any atom is -0.469 e. The third kappa shape index (κ3) is 2.05. The maximum Gasteiger partial charge on any atom is 0.127 e. The summed E-state index contributed by atoms with van der Waals surface area (Å²) in [6.45, 7) is 0.851. The molecule has 1 aliphatic heterocycles. The third-order valence-electron chi connectivity index (χ3n) is 3.18. The summed E-state index contributed by atoms with van der Waals surface area (Å²) in [5, 5.41) is 0. The molecule has 0 spiro atoms. The van der Waals surface area contributed by atoms with E-state index in [0.717, 1.165) is 42.0 Å². The van der Waals surface area contributed by atoms with Crippen molar-refractivity contribution < 1.29 is 4.42 Å². The first-order valence-electron chi connectivity index (χ1n) is 5.76. The van der Waals surface area contributed by atoms with Gasteiger partial charge in [-0.25, -0.2) is 4.98 Å². The fraction of sp³-hybridized carbons (Fsp3) is 0.417. The van der Waals surface area contributed by atoms with Crippen LogP contribution in [0.3, 0.4) is 0 Å². The molecule has 3 heterocycles. The Morgan fingerprint density at radius 1 is 1.59 bits per heavy atom. The average molecular weight is 296 g/mol. The zero-order valence-electron chi connectivity index (χ0n) is 9.40. The molecule has 1 unspecified atom stereocenters. The molecule has 0 radical (unpaired) electrons. The lowest BCUT2D eigenvalue weighted by molar-refractivity contribution is 0.443. The number of hydrogen-bond acceptors (Lipinski definition) is 3. The van der Waals surface area contributed by atoms with E-state index in [9.17, 15) is 0 Å². The number of aromatic nitrogens is 2. The minimum atomic E-state index is 0.235. The molecule has 1 aliphatic rings. The van der Waals surface area contributed by atoms with E-state index in [1.807, 2.05) is 12.1 Å². The fourth-order valence-electron chi connectivity index (χ4n) is 2.31. The Balaban J connectivity index is 1.95. The molecule has 2 aromatic rings. The third-order valence-corrected chi connectivity index (χ3v) is 3.82. The van der Waals surface area contributed by atoms with E-state index in [0.29, 0.717) is 0 Å². The van der Waals surface area contributed by atoms with Gasteiger partial charge in [0.2, 0.25) is 0 Å². The predicted molar refractivity (Wildman–Crippen MR) is 67.7 cm³/mol. The highest BCUT2D eigenvalue weighted by molar-refractivity contribution is 9.10. The van der Waals surface area contributed by atoms with E-state index in [4.69, 9.17) is 10.2 Å². The second-order valence-corrected chi connectivity index (χ2v) is 5.18. The number of hydrogen-bond donors (Lipinski definition) is 1. The summed E-state index contributed by atoms with van der Waals surface area (Å²) in [5.41, 5.74) is 7.27. The van der Waals surface area contributed by atoms with Gasteiger partial charge in [-0.15, -0.1) is 0 Å². The van der Waals surface area contributed by atoms with E-state index in [-0.39, 0.29) is 6.04 Å². The molecule has 90 valence electrons. The van der Waals surface area contributed by atoms with Gasteiger partial charge in [0.15, 0.2) is 0 Å². The van der Waals surface area contributed by atoms with Crippen LogP contribution in [0.4, 0.5) is 0 Å². The molecular weight excluding hydrogens is 282 g/mol. The molecular formula is C12H14BrN3O. The number of nitrogens with zero attached hydrogens (tertiary/aromatic N) is 2. The van der Waals surface area contributed by atoms with Gasteiger partial charge in [0.1, 0.15) is 16.2 Å². The first-order valence-corrected chi connectivity index (χ1v) is 6.55. The SMILES string of the molecule is NC1CCc2c(Br)nc(Cc3ccco3)n2C1. The summed E-state index contributed by atoms with van der Waals surface area (Å²) in [4.78, 5) is 4.57. The summed E-state index contributed by atoms with van der Waals surface area (Å²) in [7, 11) is 0. The highest BCUT2D eigenvalue weighted by atomic mass is 79.9. The van der Waals surface area contributed by atoms with Crippen LogP contribution in [0.15, 0.2) is 27.4 Å². The van der Waals surface area contributed by atoms with E-state index in [1.165, 1.54) is 5.69 Å². The molecule has 17 heavy (non-hydrogen) atoms. The molecule has 0 aromatic carbocycles. The van der Waals surface area contributed by atoms with Crippen LogP contribution in [0.1, 0.15) is 23.7 Å². The normalized spacial score (nSPS) is 19.3. The highest BCUT2D eigenvalue weighted by Crippen LogP contribution is 2.25. The van der Waals surface area contributed by atoms with Crippen LogP contribution in [0.5, 0.6) is 0 Å². The zero-order chi connectivity index (χ0) is 11.8. The van der Waals surface area contributed by atoms with Crippen LogP contribution < -0.4 is 5.73 Å². The lowest BCUT2D eigenvalue weighted by Crippen LogP contribution is -2.32. The number of rotatable bonds is 2. The van der Waals surface area contributed by atoms with Crippen molar-refractivity contribution in [3.05, 3.63) is 40.3 Å². The number of nitrogens with two attached hydrogens (primary N) is 1. The molecule has 0 amide bonds. The molecule has 0 fully saturated rings. The van der Waals surface area contributed by atoms with Crippen LogP contribution in [-0.2, 0) is 19.4 Å². The van der Waals surface area contributed by atoms with Crippen molar-refractivity contribution in [1.82, 2.24) is 9.55 Å². The monoisotopic (exact) mass is 295 g/mol.